The van der Waals surface area contributed by atoms with E-state index in [0.717, 1.165) is 30.7 Å². The molecular formula is C15H22N2O. The third-order valence-corrected chi connectivity index (χ3v) is 4.49. The number of furan rings is 1. The van der Waals surface area contributed by atoms with Gasteiger partial charge >= 0.3 is 0 Å². The molecule has 1 N–H and O–H groups in total. The van der Waals surface area contributed by atoms with Gasteiger partial charge in [-0.25, -0.2) is 0 Å². The average molecular weight is 246 g/mol. The number of fused-ring (bicyclic) bond motifs is 3. The van der Waals surface area contributed by atoms with Crippen LogP contribution in [0.2, 0.25) is 0 Å². The fraction of sp³-hybridized carbons (Fsp3) is 0.600. The van der Waals surface area contributed by atoms with Crippen LogP contribution in [0.15, 0.2) is 35.5 Å². The third-order valence-electron chi connectivity index (χ3n) is 4.49. The van der Waals surface area contributed by atoms with Crippen molar-refractivity contribution in [2.24, 2.45) is 11.8 Å². The van der Waals surface area contributed by atoms with E-state index in [-0.39, 0.29) is 0 Å². The summed E-state index contributed by atoms with van der Waals surface area (Å²) in [6.07, 6.45) is 6.56. The zero-order chi connectivity index (χ0) is 12.4. The fourth-order valence-corrected chi connectivity index (χ4v) is 3.43. The summed E-state index contributed by atoms with van der Waals surface area (Å²) in [5.74, 6) is 2.61. The van der Waals surface area contributed by atoms with Crippen LogP contribution in [-0.4, -0.2) is 30.6 Å². The summed E-state index contributed by atoms with van der Waals surface area (Å²) in [7, 11) is 0. The maximum absolute atomic E-state index is 5.33. The molecule has 0 aromatic carbocycles. The Morgan fingerprint density at radius 3 is 3.17 bits per heavy atom. The van der Waals surface area contributed by atoms with Gasteiger partial charge < -0.3 is 9.73 Å². The fourth-order valence-electron chi connectivity index (χ4n) is 3.43. The van der Waals surface area contributed by atoms with E-state index in [9.17, 15) is 0 Å². The molecule has 3 fully saturated rings. The number of hydrogen-bond donors (Lipinski definition) is 1. The highest BCUT2D eigenvalue weighted by atomic mass is 16.3. The molecule has 2 bridgehead atoms. The minimum absolute atomic E-state index is 0.704. The van der Waals surface area contributed by atoms with E-state index < -0.39 is 0 Å². The molecule has 4 rings (SSSR count). The molecular weight excluding hydrogens is 224 g/mol. The van der Waals surface area contributed by atoms with Gasteiger partial charge in [0.05, 0.1) is 12.8 Å². The first kappa shape index (κ1) is 12.0. The zero-order valence-corrected chi connectivity index (χ0v) is 10.8. The highest BCUT2D eigenvalue weighted by Crippen LogP contribution is 2.36. The van der Waals surface area contributed by atoms with Gasteiger partial charge in [-0.2, -0.15) is 0 Å². The number of rotatable bonds is 5. The van der Waals surface area contributed by atoms with Crippen LogP contribution in [0.5, 0.6) is 0 Å². The van der Waals surface area contributed by atoms with Gasteiger partial charge in [-0.15, -0.1) is 6.58 Å². The maximum Gasteiger partial charge on any atom is 0.117 e. The molecule has 3 aliphatic heterocycles. The molecule has 4 heterocycles. The predicted octanol–water partition coefficient (Wildman–Crippen LogP) is 2.27. The lowest BCUT2D eigenvalue weighted by molar-refractivity contribution is 0.0193. The molecule has 18 heavy (non-hydrogen) atoms. The monoisotopic (exact) mass is 246 g/mol. The Kier molecular flexibility index (Phi) is 3.52. The Morgan fingerprint density at radius 2 is 2.50 bits per heavy atom. The van der Waals surface area contributed by atoms with Crippen LogP contribution in [-0.2, 0) is 6.54 Å². The highest BCUT2D eigenvalue weighted by Gasteiger charge is 2.38. The number of nitrogens with zero attached hydrogens (tertiary/aromatic N) is 1. The van der Waals surface area contributed by atoms with E-state index in [4.69, 9.17) is 4.42 Å². The zero-order valence-electron chi connectivity index (χ0n) is 10.8. The van der Waals surface area contributed by atoms with Crippen molar-refractivity contribution < 1.29 is 4.42 Å². The van der Waals surface area contributed by atoms with Crippen LogP contribution in [0.4, 0.5) is 0 Å². The smallest absolute Gasteiger partial charge is 0.117 e. The molecule has 0 saturated carbocycles. The second-order valence-corrected chi connectivity index (χ2v) is 5.54. The van der Waals surface area contributed by atoms with Gasteiger partial charge in [0.2, 0.25) is 0 Å². The van der Waals surface area contributed by atoms with E-state index in [1.54, 1.807) is 6.26 Å². The van der Waals surface area contributed by atoms with Crippen LogP contribution in [0, 0.1) is 11.8 Å². The van der Waals surface area contributed by atoms with Crippen LogP contribution in [0.1, 0.15) is 18.6 Å². The lowest BCUT2D eigenvalue weighted by Gasteiger charge is -2.49. The van der Waals surface area contributed by atoms with E-state index >= 15 is 0 Å². The minimum atomic E-state index is 0.704. The van der Waals surface area contributed by atoms with E-state index in [0.29, 0.717) is 6.04 Å². The molecule has 4 unspecified atom stereocenters. The summed E-state index contributed by atoms with van der Waals surface area (Å²) in [6, 6.07) is 4.67. The van der Waals surface area contributed by atoms with E-state index in [1.165, 1.54) is 25.9 Å². The summed E-state index contributed by atoms with van der Waals surface area (Å²) in [4.78, 5) is 2.63. The molecule has 0 radical (unpaired) electrons. The maximum atomic E-state index is 5.33. The van der Waals surface area contributed by atoms with Crippen LogP contribution >= 0.6 is 0 Å². The third kappa shape index (κ3) is 2.38. The average Bonchev–Trinajstić information content (AvgIpc) is 2.92. The van der Waals surface area contributed by atoms with Gasteiger partial charge in [0.25, 0.3) is 0 Å². The predicted molar refractivity (Wildman–Crippen MR) is 72.2 cm³/mol. The second-order valence-electron chi connectivity index (χ2n) is 5.54. The molecule has 0 spiro atoms. The number of hydrogen-bond acceptors (Lipinski definition) is 3. The summed E-state index contributed by atoms with van der Waals surface area (Å²) in [5.41, 5.74) is 0. The molecule has 1 aromatic heterocycles. The Bertz CT molecular complexity index is 387. The molecule has 3 heteroatoms. The van der Waals surface area contributed by atoms with Gasteiger partial charge in [0.15, 0.2) is 0 Å². The Hall–Kier alpha value is -1.06. The quantitative estimate of drug-likeness (QED) is 0.808. The molecule has 0 amide bonds. The number of piperidine rings is 3. The lowest BCUT2D eigenvalue weighted by atomic mass is 9.75. The van der Waals surface area contributed by atoms with E-state index in [2.05, 4.69) is 22.9 Å². The topological polar surface area (TPSA) is 28.4 Å². The van der Waals surface area contributed by atoms with Crippen LogP contribution in [0.3, 0.4) is 0 Å². The van der Waals surface area contributed by atoms with Gasteiger partial charge in [-0.1, -0.05) is 6.08 Å². The van der Waals surface area contributed by atoms with Crippen molar-refractivity contribution >= 4 is 0 Å². The van der Waals surface area contributed by atoms with Crippen molar-refractivity contribution in [2.45, 2.75) is 25.4 Å². The lowest BCUT2D eigenvalue weighted by Crippen LogP contribution is -2.55. The Balaban J connectivity index is 1.48. The first-order chi connectivity index (χ1) is 8.86. The van der Waals surface area contributed by atoms with Gasteiger partial charge in [-0.05, 0) is 43.4 Å². The number of nitrogens with one attached hydrogen (secondary N) is 1. The Labute approximate surface area is 109 Å². The van der Waals surface area contributed by atoms with Crippen molar-refractivity contribution in [3.63, 3.8) is 0 Å². The SMILES string of the molecule is C=CC1CN2CCC1CC2CNCc1ccco1. The molecule has 3 nitrogen and oxygen atoms in total. The van der Waals surface area contributed by atoms with Crippen molar-refractivity contribution in [2.75, 3.05) is 19.6 Å². The van der Waals surface area contributed by atoms with E-state index in [1.807, 2.05) is 12.1 Å². The van der Waals surface area contributed by atoms with Gasteiger partial charge in [0.1, 0.15) is 5.76 Å². The van der Waals surface area contributed by atoms with Crippen LogP contribution < -0.4 is 5.32 Å². The molecule has 3 aliphatic rings. The van der Waals surface area contributed by atoms with Gasteiger partial charge in [0, 0.05) is 19.1 Å². The molecule has 98 valence electrons. The molecule has 1 aromatic rings. The summed E-state index contributed by atoms with van der Waals surface area (Å²) in [5, 5.41) is 3.51. The highest BCUT2D eigenvalue weighted by molar-refractivity contribution is 5.00. The minimum Gasteiger partial charge on any atom is -0.468 e. The normalized spacial score (nSPS) is 34.7. The Morgan fingerprint density at radius 1 is 1.56 bits per heavy atom. The molecule has 3 saturated heterocycles. The first-order valence-electron chi connectivity index (χ1n) is 6.96. The molecule has 0 aliphatic carbocycles. The van der Waals surface area contributed by atoms with Gasteiger partial charge in [-0.3, -0.25) is 4.90 Å². The van der Waals surface area contributed by atoms with Crippen molar-refractivity contribution in [1.29, 1.82) is 0 Å². The van der Waals surface area contributed by atoms with Crippen molar-refractivity contribution in [3.05, 3.63) is 36.8 Å². The first-order valence-corrected chi connectivity index (χ1v) is 6.96. The summed E-state index contributed by atoms with van der Waals surface area (Å²) >= 11 is 0. The summed E-state index contributed by atoms with van der Waals surface area (Å²) < 4.78 is 5.33. The standard InChI is InChI=1S/C15H22N2O/c1-2-12-11-17-6-5-13(12)8-14(17)9-16-10-15-4-3-7-18-15/h2-4,7,12-14,16H,1,5-6,8-11H2. The molecule has 4 atom stereocenters. The van der Waals surface area contributed by atoms with Crippen molar-refractivity contribution in [3.8, 4) is 0 Å². The van der Waals surface area contributed by atoms with Crippen LogP contribution in [0.25, 0.3) is 0 Å². The second kappa shape index (κ2) is 5.29. The van der Waals surface area contributed by atoms with Crippen molar-refractivity contribution in [1.82, 2.24) is 10.2 Å². The summed E-state index contributed by atoms with van der Waals surface area (Å²) in [6.45, 7) is 8.36. The largest absolute Gasteiger partial charge is 0.468 e.